The predicted octanol–water partition coefficient (Wildman–Crippen LogP) is 2.78. The van der Waals surface area contributed by atoms with E-state index in [0.717, 1.165) is 12.1 Å². The van der Waals surface area contributed by atoms with Gasteiger partial charge in [-0.2, -0.15) is 0 Å². The quantitative estimate of drug-likeness (QED) is 0.793. The standard InChI is InChI=1S/C14H28N2/c1-12(2)15-13-8-4-5-9-14(13)16-10-6-3-7-11-16/h12-15H,3-11H2,1-2H3/t13-,14-/m1/s1. The first-order valence-electron chi connectivity index (χ1n) is 7.27. The number of rotatable bonds is 3. The molecule has 2 aliphatic rings. The highest BCUT2D eigenvalue weighted by molar-refractivity contribution is 4.89. The molecule has 1 heterocycles. The minimum atomic E-state index is 0.635. The van der Waals surface area contributed by atoms with Crippen LogP contribution in [0, 0.1) is 0 Å². The Kier molecular flexibility index (Phi) is 4.66. The Balaban J connectivity index is 1.92. The Hall–Kier alpha value is -0.0800. The van der Waals surface area contributed by atoms with E-state index in [1.807, 2.05) is 0 Å². The lowest BCUT2D eigenvalue weighted by Gasteiger charge is -2.42. The first-order valence-corrected chi connectivity index (χ1v) is 7.27. The van der Waals surface area contributed by atoms with Gasteiger partial charge in [0.15, 0.2) is 0 Å². The lowest BCUT2D eigenvalue weighted by Crippen LogP contribution is -2.54. The SMILES string of the molecule is CC(C)N[C@@H]1CCCC[C@H]1N1CCCCC1. The average Bonchev–Trinajstić information content (AvgIpc) is 2.30. The maximum Gasteiger partial charge on any atom is 0.0249 e. The molecule has 2 rings (SSSR count). The molecule has 1 aliphatic heterocycles. The predicted molar refractivity (Wildman–Crippen MR) is 69.7 cm³/mol. The molecule has 0 aromatic rings. The van der Waals surface area contributed by atoms with E-state index in [9.17, 15) is 0 Å². The van der Waals surface area contributed by atoms with Gasteiger partial charge in [0.25, 0.3) is 0 Å². The first-order chi connectivity index (χ1) is 7.77. The normalized spacial score (nSPS) is 33.2. The van der Waals surface area contributed by atoms with Gasteiger partial charge in [-0.3, -0.25) is 4.90 Å². The highest BCUT2D eigenvalue weighted by Gasteiger charge is 2.30. The molecule has 0 amide bonds. The van der Waals surface area contributed by atoms with Crippen LogP contribution in [0.2, 0.25) is 0 Å². The molecule has 1 saturated heterocycles. The summed E-state index contributed by atoms with van der Waals surface area (Å²) in [7, 11) is 0. The van der Waals surface area contributed by atoms with Crippen molar-refractivity contribution in [1.29, 1.82) is 0 Å². The van der Waals surface area contributed by atoms with Crippen LogP contribution >= 0.6 is 0 Å². The Bertz CT molecular complexity index is 197. The Labute approximate surface area is 101 Å². The largest absolute Gasteiger partial charge is 0.310 e. The van der Waals surface area contributed by atoms with Gasteiger partial charge in [-0.15, -0.1) is 0 Å². The van der Waals surface area contributed by atoms with Crippen molar-refractivity contribution >= 4 is 0 Å². The molecule has 0 radical (unpaired) electrons. The zero-order valence-corrected chi connectivity index (χ0v) is 11.0. The molecule has 16 heavy (non-hydrogen) atoms. The fourth-order valence-corrected chi connectivity index (χ4v) is 3.42. The molecule has 2 heteroatoms. The summed E-state index contributed by atoms with van der Waals surface area (Å²) in [6.07, 6.45) is 9.97. The smallest absolute Gasteiger partial charge is 0.0249 e. The minimum Gasteiger partial charge on any atom is -0.310 e. The second-order valence-electron chi connectivity index (χ2n) is 5.88. The minimum absolute atomic E-state index is 0.635. The molecule has 1 saturated carbocycles. The van der Waals surface area contributed by atoms with Crippen LogP contribution in [0.3, 0.4) is 0 Å². The van der Waals surface area contributed by atoms with Gasteiger partial charge < -0.3 is 5.32 Å². The van der Waals surface area contributed by atoms with Gasteiger partial charge in [-0.25, -0.2) is 0 Å². The molecular weight excluding hydrogens is 196 g/mol. The van der Waals surface area contributed by atoms with Gasteiger partial charge in [0.05, 0.1) is 0 Å². The van der Waals surface area contributed by atoms with Gasteiger partial charge in [0.2, 0.25) is 0 Å². The maximum absolute atomic E-state index is 3.79. The van der Waals surface area contributed by atoms with Gasteiger partial charge in [-0.05, 0) is 38.8 Å². The van der Waals surface area contributed by atoms with Crippen molar-refractivity contribution in [2.24, 2.45) is 0 Å². The Morgan fingerprint density at radius 2 is 1.62 bits per heavy atom. The zero-order chi connectivity index (χ0) is 11.4. The number of piperidine rings is 1. The number of hydrogen-bond donors (Lipinski definition) is 1. The topological polar surface area (TPSA) is 15.3 Å². The summed E-state index contributed by atoms with van der Waals surface area (Å²) in [6.45, 7) is 7.26. The second-order valence-corrected chi connectivity index (χ2v) is 5.88. The lowest BCUT2D eigenvalue weighted by atomic mass is 9.87. The van der Waals surface area contributed by atoms with Crippen LogP contribution in [0.15, 0.2) is 0 Å². The van der Waals surface area contributed by atoms with E-state index in [4.69, 9.17) is 0 Å². The fourth-order valence-electron chi connectivity index (χ4n) is 3.42. The van der Waals surface area contributed by atoms with Gasteiger partial charge in [0.1, 0.15) is 0 Å². The summed E-state index contributed by atoms with van der Waals surface area (Å²) in [5, 5.41) is 3.79. The van der Waals surface area contributed by atoms with Crippen LogP contribution < -0.4 is 5.32 Å². The lowest BCUT2D eigenvalue weighted by molar-refractivity contribution is 0.0979. The van der Waals surface area contributed by atoms with Crippen molar-refractivity contribution in [3.63, 3.8) is 0 Å². The molecule has 2 atom stereocenters. The second kappa shape index (κ2) is 6.02. The van der Waals surface area contributed by atoms with Crippen molar-refractivity contribution in [1.82, 2.24) is 10.2 Å². The summed E-state index contributed by atoms with van der Waals surface area (Å²) >= 11 is 0. The average molecular weight is 224 g/mol. The summed E-state index contributed by atoms with van der Waals surface area (Å²) in [6, 6.07) is 2.22. The molecule has 2 nitrogen and oxygen atoms in total. The summed E-state index contributed by atoms with van der Waals surface area (Å²) in [5.74, 6) is 0. The van der Waals surface area contributed by atoms with Gasteiger partial charge >= 0.3 is 0 Å². The van der Waals surface area contributed by atoms with Crippen molar-refractivity contribution in [3.05, 3.63) is 0 Å². The summed E-state index contributed by atoms with van der Waals surface area (Å²) in [4.78, 5) is 2.77. The molecule has 94 valence electrons. The van der Waals surface area contributed by atoms with Gasteiger partial charge in [-0.1, -0.05) is 33.1 Å². The monoisotopic (exact) mass is 224 g/mol. The van der Waals surface area contributed by atoms with Crippen molar-refractivity contribution < 1.29 is 0 Å². The number of nitrogens with zero attached hydrogens (tertiary/aromatic N) is 1. The van der Waals surface area contributed by atoms with Crippen LogP contribution in [0.5, 0.6) is 0 Å². The Morgan fingerprint density at radius 1 is 0.938 bits per heavy atom. The maximum atomic E-state index is 3.79. The van der Waals surface area contributed by atoms with Crippen LogP contribution in [-0.2, 0) is 0 Å². The van der Waals surface area contributed by atoms with Crippen molar-refractivity contribution in [2.45, 2.75) is 76.9 Å². The number of likely N-dealkylation sites (tertiary alicyclic amines) is 1. The molecule has 1 aliphatic carbocycles. The zero-order valence-electron chi connectivity index (χ0n) is 11.0. The fraction of sp³-hybridized carbons (Fsp3) is 1.00. The molecule has 0 aromatic carbocycles. The van der Waals surface area contributed by atoms with Crippen molar-refractivity contribution in [3.8, 4) is 0 Å². The third kappa shape index (κ3) is 3.21. The van der Waals surface area contributed by atoms with E-state index < -0.39 is 0 Å². The van der Waals surface area contributed by atoms with E-state index in [-0.39, 0.29) is 0 Å². The third-order valence-electron chi connectivity index (χ3n) is 4.14. The Morgan fingerprint density at radius 3 is 2.31 bits per heavy atom. The highest BCUT2D eigenvalue weighted by atomic mass is 15.2. The van der Waals surface area contributed by atoms with Gasteiger partial charge in [0, 0.05) is 18.1 Å². The molecule has 0 aromatic heterocycles. The van der Waals surface area contributed by atoms with E-state index in [0.29, 0.717) is 6.04 Å². The number of hydrogen-bond acceptors (Lipinski definition) is 2. The van der Waals surface area contributed by atoms with E-state index in [2.05, 4.69) is 24.1 Å². The third-order valence-corrected chi connectivity index (χ3v) is 4.14. The molecule has 1 N–H and O–H groups in total. The summed E-state index contributed by atoms with van der Waals surface area (Å²) in [5.41, 5.74) is 0. The molecule has 2 fully saturated rings. The number of nitrogens with one attached hydrogen (secondary N) is 1. The molecule has 0 unspecified atom stereocenters. The van der Waals surface area contributed by atoms with Crippen LogP contribution in [0.4, 0.5) is 0 Å². The van der Waals surface area contributed by atoms with E-state index >= 15 is 0 Å². The molecule has 0 bridgehead atoms. The van der Waals surface area contributed by atoms with E-state index in [1.54, 1.807) is 0 Å². The van der Waals surface area contributed by atoms with E-state index in [1.165, 1.54) is 58.0 Å². The van der Waals surface area contributed by atoms with Crippen LogP contribution in [0.25, 0.3) is 0 Å². The summed E-state index contributed by atoms with van der Waals surface area (Å²) < 4.78 is 0. The van der Waals surface area contributed by atoms with Crippen LogP contribution in [-0.4, -0.2) is 36.1 Å². The molecular formula is C14H28N2. The van der Waals surface area contributed by atoms with Crippen LogP contribution in [0.1, 0.15) is 58.8 Å². The highest BCUT2D eigenvalue weighted by Crippen LogP contribution is 2.26. The first kappa shape index (κ1) is 12.4. The van der Waals surface area contributed by atoms with Crippen molar-refractivity contribution in [2.75, 3.05) is 13.1 Å². The molecule has 0 spiro atoms.